The number of hydrogen-bond donors (Lipinski definition) is 1. The van der Waals surface area contributed by atoms with Gasteiger partial charge in [0.05, 0.1) is 0 Å². The molecule has 1 N–H and O–H groups in total. The number of rotatable bonds is 17. The van der Waals surface area contributed by atoms with E-state index in [2.05, 4.69) is 58.0 Å². The van der Waals surface area contributed by atoms with Gasteiger partial charge in [0.2, 0.25) is 0 Å². The Bertz CT molecular complexity index is 760. The fourth-order valence-corrected chi connectivity index (χ4v) is 5.37. The Morgan fingerprint density at radius 3 is 1.61 bits per heavy atom. The molecule has 0 amide bonds. The highest BCUT2D eigenvalue weighted by Crippen LogP contribution is 2.42. The number of aromatic hydroxyl groups is 1. The molecule has 0 radical (unpaired) electrons. The largest absolute Gasteiger partial charge is 0.508 e. The van der Waals surface area contributed by atoms with Crippen molar-refractivity contribution in [2.45, 2.75) is 129 Å². The van der Waals surface area contributed by atoms with Crippen molar-refractivity contribution in [2.75, 3.05) is 0 Å². The van der Waals surface area contributed by atoms with E-state index in [1.165, 1.54) is 101 Å². The van der Waals surface area contributed by atoms with Crippen molar-refractivity contribution in [3.05, 3.63) is 65.2 Å². The van der Waals surface area contributed by atoms with Gasteiger partial charge in [0.1, 0.15) is 5.75 Å². The third kappa shape index (κ3) is 8.84. The molecule has 0 unspecified atom stereocenters. The smallest absolute Gasteiger partial charge is 0.119 e. The molecular weight excluding hydrogens is 400 g/mol. The molecule has 1 heteroatoms. The summed E-state index contributed by atoms with van der Waals surface area (Å²) in [5, 5.41) is 10.6. The third-order valence-electron chi connectivity index (χ3n) is 7.46. The summed E-state index contributed by atoms with van der Waals surface area (Å²) in [4.78, 5) is 0. The zero-order chi connectivity index (χ0) is 23.9. The van der Waals surface area contributed by atoms with E-state index in [1.807, 2.05) is 18.2 Å². The lowest BCUT2D eigenvalue weighted by atomic mass is 9.72. The van der Waals surface area contributed by atoms with Crippen molar-refractivity contribution in [1.29, 1.82) is 0 Å². The van der Waals surface area contributed by atoms with Crippen LogP contribution in [-0.2, 0) is 5.41 Å². The molecule has 184 valence electrons. The Balaban J connectivity index is 2.18. The van der Waals surface area contributed by atoms with Crippen LogP contribution in [0.15, 0.2) is 48.5 Å². The predicted octanol–water partition coefficient (Wildman–Crippen LogP) is 10.3. The van der Waals surface area contributed by atoms with Gasteiger partial charge < -0.3 is 5.11 Å². The van der Waals surface area contributed by atoms with E-state index in [0.29, 0.717) is 11.7 Å². The van der Waals surface area contributed by atoms with E-state index in [0.717, 1.165) is 5.56 Å². The molecule has 0 aliphatic heterocycles. The number of para-hydroxylation sites is 1. The minimum atomic E-state index is -0.220. The monoisotopic (exact) mass is 450 g/mol. The van der Waals surface area contributed by atoms with Gasteiger partial charge in [0, 0.05) is 11.0 Å². The van der Waals surface area contributed by atoms with Gasteiger partial charge in [-0.15, -0.1) is 0 Å². The van der Waals surface area contributed by atoms with Crippen LogP contribution in [0.4, 0.5) is 0 Å². The van der Waals surface area contributed by atoms with E-state index in [1.54, 1.807) is 0 Å². The minimum absolute atomic E-state index is 0.220. The Morgan fingerprint density at radius 1 is 0.606 bits per heavy atom. The average molecular weight is 451 g/mol. The molecule has 0 aliphatic carbocycles. The molecule has 0 atom stereocenters. The predicted molar refractivity (Wildman–Crippen MR) is 145 cm³/mol. The lowest BCUT2D eigenvalue weighted by Crippen LogP contribution is -2.22. The van der Waals surface area contributed by atoms with Gasteiger partial charge in [-0.05, 0) is 36.0 Å². The van der Waals surface area contributed by atoms with Crippen LogP contribution < -0.4 is 0 Å². The molecule has 0 saturated heterocycles. The molecule has 0 fully saturated rings. The van der Waals surface area contributed by atoms with E-state index in [9.17, 15) is 5.11 Å². The molecule has 0 aromatic heterocycles. The highest BCUT2D eigenvalue weighted by atomic mass is 16.3. The third-order valence-corrected chi connectivity index (χ3v) is 7.46. The van der Waals surface area contributed by atoms with Crippen LogP contribution in [0.2, 0.25) is 0 Å². The topological polar surface area (TPSA) is 20.2 Å². The van der Waals surface area contributed by atoms with Crippen molar-refractivity contribution < 1.29 is 5.11 Å². The van der Waals surface area contributed by atoms with Crippen LogP contribution in [0, 0.1) is 0 Å². The zero-order valence-corrected chi connectivity index (χ0v) is 22.0. The van der Waals surface area contributed by atoms with E-state index in [-0.39, 0.29) is 5.41 Å². The molecule has 0 aliphatic rings. The first-order valence-electron chi connectivity index (χ1n) is 13.9. The van der Waals surface area contributed by atoms with Crippen LogP contribution >= 0.6 is 0 Å². The quantitative estimate of drug-likeness (QED) is 0.238. The van der Waals surface area contributed by atoms with Gasteiger partial charge >= 0.3 is 0 Å². The number of phenols is 1. The lowest BCUT2D eigenvalue weighted by Gasteiger charge is -2.32. The Hall–Kier alpha value is -1.76. The maximum absolute atomic E-state index is 10.6. The molecule has 0 saturated carbocycles. The van der Waals surface area contributed by atoms with Crippen LogP contribution in [0.25, 0.3) is 0 Å². The number of benzene rings is 2. The number of unbranched alkanes of at least 4 members (excludes halogenated alkanes) is 10. The summed E-state index contributed by atoms with van der Waals surface area (Å²) < 4.78 is 0. The Labute approximate surface area is 205 Å². The number of phenolic OH excluding ortho intramolecular Hbond substituents is 1. The number of hydrogen-bond acceptors (Lipinski definition) is 1. The maximum Gasteiger partial charge on any atom is 0.119 e. The Morgan fingerprint density at radius 2 is 1.06 bits per heavy atom. The second-order valence-electron chi connectivity index (χ2n) is 10.5. The SMILES string of the molecule is CCCCCCCCC(CCCCCCCC)c1ccccc1C(C)(C)c1ccccc1O. The van der Waals surface area contributed by atoms with Crippen LogP contribution in [0.1, 0.15) is 140 Å². The summed E-state index contributed by atoms with van der Waals surface area (Å²) in [6.07, 6.45) is 18.9. The van der Waals surface area contributed by atoms with Crippen molar-refractivity contribution in [2.24, 2.45) is 0 Å². The molecule has 33 heavy (non-hydrogen) atoms. The second kappa shape index (κ2) is 15.2. The molecule has 0 bridgehead atoms. The highest BCUT2D eigenvalue weighted by molar-refractivity contribution is 5.48. The Kier molecular flexibility index (Phi) is 12.7. The average Bonchev–Trinajstić information content (AvgIpc) is 2.82. The van der Waals surface area contributed by atoms with Crippen molar-refractivity contribution in [3.63, 3.8) is 0 Å². The van der Waals surface area contributed by atoms with E-state index in [4.69, 9.17) is 0 Å². The molecular formula is C32H50O. The van der Waals surface area contributed by atoms with E-state index >= 15 is 0 Å². The molecule has 0 heterocycles. The zero-order valence-electron chi connectivity index (χ0n) is 22.0. The fraction of sp³-hybridized carbons (Fsp3) is 0.625. The molecule has 2 aromatic carbocycles. The normalized spacial score (nSPS) is 11.9. The first kappa shape index (κ1) is 27.5. The van der Waals surface area contributed by atoms with Gasteiger partial charge in [0.15, 0.2) is 0 Å². The summed E-state index contributed by atoms with van der Waals surface area (Å²) in [6.45, 7) is 9.13. The van der Waals surface area contributed by atoms with Crippen LogP contribution in [-0.4, -0.2) is 5.11 Å². The van der Waals surface area contributed by atoms with Crippen molar-refractivity contribution >= 4 is 0 Å². The summed E-state index contributed by atoms with van der Waals surface area (Å²) in [6, 6.07) is 16.9. The highest BCUT2D eigenvalue weighted by Gasteiger charge is 2.30. The van der Waals surface area contributed by atoms with Crippen molar-refractivity contribution in [1.82, 2.24) is 0 Å². The van der Waals surface area contributed by atoms with Crippen LogP contribution in [0.3, 0.4) is 0 Å². The molecule has 2 rings (SSSR count). The molecule has 1 nitrogen and oxygen atoms in total. The second-order valence-corrected chi connectivity index (χ2v) is 10.5. The molecule has 0 spiro atoms. The summed E-state index contributed by atoms with van der Waals surface area (Å²) in [5.74, 6) is 1.02. The standard InChI is InChI=1S/C32H50O/c1-5-7-9-11-13-15-21-27(22-16-14-12-10-8-6-2)28-23-17-18-24-29(28)32(3,4)30-25-19-20-26-31(30)33/h17-20,23-27,33H,5-16,21-22H2,1-4H3. The first-order chi connectivity index (χ1) is 16.0. The maximum atomic E-state index is 10.6. The summed E-state index contributed by atoms with van der Waals surface area (Å²) in [7, 11) is 0. The van der Waals surface area contributed by atoms with Gasteiger partial charge in [0.25, 0.3) is 0 Å². The van der Waals surface area contributed by atoms with Gasteiger partial charge in [-0.3, -0.25) is 0 Å². The summed E-state index contributed by atoms with van der Waals surface area (Å²) in [5.41, 5.74) is 3.69. The lowest BCUT2D eigenvalue weighted by molar-refractivity contribution is 0.448. The van der Waals surface area contributed by atoms with Crippen molar-refractivity contribution in [3.8, 4) is 5.75 Å². The molecule has 2 aromatic rings. The van der Waals surface area contributed by atoms with Gasteiger partial charge in [-0.1, -0.05) is 147 Å². The van der Waals surface area contributed by atoms with Gasteiger partial charge in [-0.25, -0.2) is 0 Å². The summed E-state index contributed by atoms with van der Waals surface area (Å²) >= 11 is 0. The van der Waals surface area contributed by atoms with Gasteiger partial charge in [-0.2, -0.15) is 0 Å². The van der Waals surface area contributed by atoms with Crippen LogP contribution in [0.5, 0.6) is 5.75 Å². The van der Waals surface area contributed by atoms with E-state index < -0.39 is 0 Å². The first-order valence-corrected chi connectivity index (χ1v) is 13.9. The fourth-order valence-electron chi connectivity index (χ4n) is 5.37. The minimum Gasteiger partial charge on any atom is -0.508 e.